The third-order valence-corrected chi connectivity index (χ3v) is 5.16. The minimum atomic E-state index is -0.329. The SMILES string of the molecule is Cc1cc(NC(=S)NC(=O)c2ccc(-c3ccccc3)cc2)ccc1NC(=O)c1ccco1. The molecule has 7 heteroatoms. The molecule has 0 aliphatic heterocycles. The highest BCUT2D eigenvalue weighted by Gasteiger charge is 2.12. The zero-order valence-electron chi connectivity index (χ0n) is 17.8. The van der Waals surface area contributed by atoms with Crippen LogP contribution in [-0.2, 0) is 0 Å². The van der Waals surface area contributed by atoms with Gasteiger partial charge in [-0.1, -0.05) is 42.5 Å². The van der Waals surface area contributed by atoms with Gasteiger partial charge in [0.2, 0.25) is 0 Å². The lowest BCUT2D eigenvalue weighted by Crippen LogP contribution is -2.34. The fraction of sp³-hybridized carbons (Fsp3) is 0.0385. The van der Waals surface area contributed by atoms with Crippen LogP contribution in [0.4, 0.5) is 11.4 Å². The molecule has 6 nitrogen and oxygen atoms in total. The molecule has 0 saturated carbocycles. The fourth-order valence-corrected chi connectivity index (χ4v) is 3.47. The summed E-state index contributed by atoms with van der Waals surface area (Å²) in [5, 5.41) is 8.66. The molecule has 2 amide bonds. The molecule has 0 aliphatic carbocycles. The molecule has 0 fully saturated rings. The van der Waals surface area contributed by atoms with E-state index in [0.29, 0.717) is 16.9 Å². The van der Waals surface area contributed by atoms with Crippen LogP contribution < -0.4 is 16.0 Å². The second kappa shape index (κ2) is 9.93. The van der Waals surface area contributed by atoms with E-state index in [0.717, 1.165) is 16.7 Å². The number of aryl methyl sites for hydroxylation is 1. The van der Waals surface area contributed by atoms with Crippen molar-refractivity contribution in [3.63, 3.8) is 0 Å². The Kier molecular flexibility index (Phi) is 6.61. The first kappa shape index (κ1) is 22.0. The van der Waals surface area contributed by atoms with Crippen LogP contribution in [0.25, 0.3) is 11.1 Å². The molecular weight excluding hydrogens is 434 g/mol. The van der Waals surface area contributed by atoms with Gasteiger partial charge in [-0.25, -0.2) is 0 Å². The second-order valence-electron chi connectivity index (χ2n) is 7.31. The van der Waals surface area contributed by atoms with E-state index in [9.17, 15) is 9.59 Å². The topological polar surface area (TPSA) is 83.4 Å². The smallest absolute Gasteiger partial charge is 0.291 e. The summed E-state index contributed by atoms with van der Waals surface area (Å²) in [6.07, 6.45) is 1.45. The lowest BCUT2D eigenvalue weighted by atomic mass is 10.0. The van der Waals surface area contributed by atoms with Gasteiger partial charge in [0.1, 0.15) is 0 Å². The highest BCUT2D eigenvalue weighted by Crippen LogP contribution is 2.21. The van der Waals surface area contributed by atoms with E-state index in [1.807, 2.05) is 55.5 Å². The van der Waals surface area contributed by atoms with E-state index < -0.39 is 0 Å². The summed E-state index contributed by atoms with van der Waals surface area (Å²) in [5.74, 6) is -0.395. The lowest BCUT2D eigenvalue weighted by Gasteiger charge is -2.13. The predicted molar refractivity (Wildman–Crippen MR) is 133 cm³/mol. The maximum atomic E-state index is 12.6. The van der Waals surface area contributed by atoms with Crippen LogP contribution in [0.1, 0.15) is 26.5 Å². The van der Waals surface area contributed by atoms with E-state index in [2.05, 4.69) is 16.0 Å². The van der Waals surface area contributed by atoms with Crippen molar-refractivity contribution in [2.75, 3.05) is 10.6 Å². The predicted octanol–water partition coefficient (Wildman–Crippen LogP) is 5.63. The Morgan fingerprint density at radius 2 is 1.52 bits per heavy atom. The van der Waals surface area contributed by atoms with Gasteiger partial charge in [-0.2, -0.15) is 0 Å². The molecule has 4 aromatic rings. The number of thiocarbonyl (C=S) groups is 1. The molecule has 0 bridgehead atoms. The van der Waals surface area contributed by atoms with Crippen molar-refractivity contribution in [1.82, 2.24) is 5.32 Å². The summed E-state index contributed by atoms with van der Waals surface area (Å²) in [6, 6.07) is 25.9. The number of carbonyl (C=O) groups is 2. The van der Waals surface area contributed by atoms with Crippen molar-refractivity contribution < 1.29 is 14.0 Å². The van der Waals surface area contributed by atoms with Crippen LogP contribution in [0.15, 0.2) is 95.6 Å². The van der Waals surface area contributed by atoms with Crippen molar-refractivity contribution >= 4 is 40.5 Å². The molecule has 4 rings (SSSR count). The number of rotatable bonds is 5. The van der Waals surface area contributed by atoms with Crippen molar-refractivity contribution in [3.05, 3.63) is 108 Å². The molecule has 0 atom stereocenters. The number of carbonyl (C=O) groups excluding carboxylic acids is 2. The van der Waals surface area contributed by atoms with Crippen LogP contribution >= 0.6 is 12.2 Å². The third kappa shape index (κ3) is 5.53. The number of hydrogen-bond donors (Lipinski definition) is 3. The summed E-state index contributed by atoms with van der Waals surface area (Å²) >= 11 is 5.29. The molecule has 1 aromatic heterocycles. The average molecular weight is 456 g/mol. The van der Waals surface area contributed by atoms with Crippen molar-refractivity contribution in [1.29, 1.82) is 0 Å². The van der Waals surface area contributed by atoms with Gasteiger partial charge in [0.15, 0.2) is 10.9 Å². The van der Waals surface area contributed by atoms with Gasteiger partial charge in [0.25, 0.3) is 11.8 Å². The zero-order chi connectivity index (χ0) is 23.2. The lowest BCUT2D eigenvalue weighted by molar-refractivity contribution is 0.0975. The molecule has 3 aromatic carbocycles. The average Bonchev–Trinajstić information content (AvgIpc) is 3.37. The molecule has 33 heavy (non-hydrogen) atoms. The Labute approximate surface area is 196 Å². The van der Waals surface area contributed by atoms with E-state index >= 15 is 0 Å². The highest BCUT2D eigenvalue weighted by molar-refractivity contribution is 7.80. The van der Waals surface area contributed by atoms with E-state index in [-0.39, 0.29) is 22.7 Å². The zero-order valence-corrected chi connectivity index (χ0v) is 18.6. The number of benzene rings is 3. The van der Waals surface area contributed by atoms with Crippen LogP contribution in [0.5, 0.6) is 0 Å². The largest absolute Gasteiger partial charge is 0.459 e. The number of hydrogen-bond acceptors (Lipinski definition) is 4. The maximum Gasteiger partial charge on any atom is 0.291 e. The minimum absolute atomic E-state index is 0.180. The van der Waals surface area contributed by atoms with Gasteiger partial charge in [-0.3, -0.25) is 14.9 Å². The Morgan fingerprint density at radius 1 is 0.788 bits per heavy atom. The van der Waals surface area contributed by atoms with Gasteiger partial charge >= 0.3 is 0 Å². The van der Waals surface area contributed by atoms with Crippen molar-refractivity contribution in [2.24, 2.45) is 0 Å². The Balaban J connectivity index is 1.35. The van der Waals surface area contributed by atoms with Crippen molar-refractivity contribution in [3.8, 4) is 11.1 Å². The van der Waals surface area contributed by atoms with E-state index in [1.54, 1.807) is 36.4 Å². The molecule has 1 heterocycles. The summed E-state index contributed by atoms with van der Waals surface area (Å²) in [4.78, 5) is 24.7. The Bertz CT molecular complexity index is 1280. The summed E-state index contributed by atoms with van der Waals surface area (Å²) < 4.78 is 5.10. The summed E-state index contributed by atoms with van der Waals surface area (Å²) in [5.41, 5.74) is 4.78. The number of nitrogens with one attached hydrogen (secondary N) is 3. The van der Waals surface area contributed by atoms with Gasteiger partial charge in [0, 0.05) is 16.9 Å². The standard InChI is InChI=1S/C26H21N3O3S/c1-17-16-21(13-14-22(17)28-25(31)23-8-5-15-32-23)27-26(33)29-24(30)20-11-9-19(10-12-20)18-6-3-2-4-7-18/h2-16H,1H3,(H,28,31)(H2,27,29,30,33). The Hall–Kier alpha value is -4.23. The third-order valence-electron chi connectivity index (χ3n) is 4.96. The summed E-state index contributed by atoms with van der Waals surface area (Å²) in [7, 11) is 0. The Morgan fingerprint density at radius 3 is 2.18 bits per heavy atom. The second-order valence-corrected chi connectivity index (χ2v) is 7.72. The number of furan rings is 1. The first-order valence-electron chi connectivity index (χ1n) is 10.2. The first-order chi connectivity index (χ1) is 16.0. The van der Waals surface area contributed by atoms with Crippen LogP contribution in [0.2, 0.25) is 0 Å². The molecule has 0 aliphatic rings. The van der Waals surface area contributed by atoms with Crippen molar-refractivity contribution in [2.45, 2.75) is 6.92 Å². The van der Waals surface area contributed by atoms with Gasteiger partial charge in [-0.05, 0) is 78.3 Å². The van der Waals surface area contributed by atoms with Gasteiger partial charge < -0.3 is 15.1 Å². The number of anilines is 2. The van der Waals surface area contributed by atoms with E-state index in [1.165, 1.54) is 6.26 Å². The van der Waals surface area contributed by atoms with Crippen LogP contribution in [0, 0.1) is 6.92 Å². The molecule has 164 valence electrons. The minimum Gasteiger partial charge on any atom is -0.459 e. The maximum absolute atomic E-state index is 12.6. The molecule has 0 saturated heterocycles. The quantitative estimate of drug-likeness (QED) is 0.340. The number of amides is 2. The molecular formula is C26H21N3O3S. The van der Waals surface area contributed by atoms with Crippen LogP contribution in [-0.4, -0.2) is 16.9 Å². The molecule has 0 radical (unpaired) electrons. The van der Waals surface area contributed by atoms with Gasteiger partial charge in [-0.15, -0.1) is 0 Å². The van der Waals surface area contributed by atoms with E-state index in [4.69, 9.17) is 16.6 Å². The fourth-order valence-electron chi connectivity index (χ4n) is 3.26. The molecule has 0 spiro atoms. The van der Waals surface area contributed by atoms with Gasteiger partial charge in [0.05, 0.1) is 6.26 Å². The van der Waals surface area contributed by atoms with Crippen LogP contribution in [0.3, 0.4) is 0 Å². The monoisotopic (exact) mass is 455 g/mol. The molecule has 0 unspecified atom stereocenters. The molecule has 3 N–H and O–H groups in total. The normalized spacial score (nSPS) is 10.3. The summed E-state index contributed by atoms with van der Waals surface area (Å²) in [6.45, 7) is 1.86. The highest BCUT2D eigenvalue weighted by atomic mass is 32.1. The first-order valence-corrected chi connectivity index (χ1v) is 10.6.